The Bertz CT molecular complexity index is 661. The first-order chi connectivity index (χ1) is 11.2. The molecule has 1 heterocycles. The van der Waals surface area contributed by atoms with Crippen molar-refractivity contribution in [2.24, 2.45) is 5.92 Å². The van der Waals surface area contributed by atoms with Gasteiger partial charge in [-0.05, 0) is 17.7 Å². The van der Waals surface area contributed by atoms with Gasteiger partial charge in [0.05, 0.1) is 5.02 Å². The average Bonchev–Trinajstić information content (AvgIpc) is 2.53. The van der Waals surface area contributed by atoms with Gasteiger partial charge in [-0.15, -0.1) is 11.8 Å². The molecule has 120 valence electrons. The third kappa shape index (κ3) is 4.28. The molecule has 0 aliphatic carbocycles. The van der Waals surface area contributed by atoms with Crippen molar-refractivity contribution in [3.63, 3.8) is 0 Å². The largest absolute Gasteiger partial charge is 0.354 e. The van der Waals surface area contributed by atoms with E-state index in [2.05, 4.69) is 10.6 Å². The first kappa shape index (κ1) is 16.4. The zero-order valence-electron chi connectivity index (χ0n) is 12.7. The second-order valence-corrected chi connectivity index (χ2v) is 7.16. The summed E-state index contributed by atoms with van der Waals surface area (Å²) in [5, 5.41) is 6.67. The Labute approximate surface area is 145 Å². The highest BCUT2D eigenvalue weighted by molar-refractivity contribution is 8.00. The van der Waals surface area contributed by atoms with Crippen LogP contribution in [0.15, 0.2) is 59.5 Å². The predicted octanol–water partition coefficient (Wildman–Crippen LogP) is 3.51. The van der Waals surface area contributed by atoms with Crippen LogP contribution in [0.25, 0.3) is 0 Å². The first-order valence-electron chi connectivity index (χ1n) is 7.68. The normalized spacial score (nSPS) is 15.7. The van der Waals surface area contributed by atoms with Crippen LogP contribution in [-0.2, 0) is 4.79 Å². The number of carbonyl (C=O) groups is 1. The van der Waals surface area contributed by atoms with Gasteiger partial charge in [-0.25, -0.2) is 0 Å². The van der Waals surface area contributed by atoms with Crippen LogP contribution < -0.4 is 10.6 Å². The summed E-state index contributed by atoms with van der Waals surface area (Å²) >= 11 is 7.75. The molecule has 0 saturated carbocycles. The Morgan fingerprint density at radius 3 is 2.52 bits per heavy atom. The molecule has 1 aliphatic rings. The summed E-state index contributed by atoms with van der Waals surface area (Å²) in [5.41, 5.74) is 0.988. The van der Waals surface area contributed by atoms with Crippen LogP contribution >= 0.6 is 23.4 Å². The lowest BCUT2D eigenvalue weighted by Crippen LogP contribution is -2.48. The molecule has 23 heavy (non-hydrogen) atoms. The topological polar surface area (TPSA) is 41.1 Å². The van der Waals surface area contributed by atoms with E-state index in [0.29, 0.717) is 10.9 Å². The van der Waals surface area contributed by atoms with E-state index in [9.17, 15) is 4.79 Å². The fraction of sp³-hybridized carbons (Fsp3) is 0.278. The molecule has 0 bridgehead atoms. The van der Waals surface area contributed by atoms with Crippen molar-refractivity contribution in [2.75, 3.05) is 19.6 Å². The Morgan fingerprint density at radius 2 is 1.87 bits per heavy atom. The molecule has 1 fully saturated rings. The number of thioether (sulfide) groups is 1. The van der Waals surface area contributed by atoms with E-state index in [-0.39, 0.29) is 11.2 Å². The molecule has 5 heteroatoms. The van der Waals surface area contributed by atoms with Crippen molar-refractivity contribution in [1.29, 1.82) is 0 Å². The summed E-state index contributed by atoms with van der Waals surface area (Å²) in [5.74, 6) is 0.578. The maximum Gasteiger partial charge on any atom is 0.238 e. The van der Waals surface area contributed by atoms with Gasteiger partial charge >= 0.3 is 0 Å². The quantitative estimate of drug-likeness (QED) is 0.786. The van der Waals surface area contributed by atoms with Crippen molar-refractivity contribution in [3.8, 4) is 0 Å². The fourth-order valence-corrected chi connectivity index (χ4v) is 3.74. The monoisotopic (exact) mass is 346 g/mol. The third-order valence-electron chi connectivity index (χ3n) is 3.85. The van der Waals surface area contributed by atoms with Crippen LogP contribution in [0.5, 0.6) is 0 Å². The lowest BCUT2D eigenvalue weighted by Gasteiger charge is -2.28. The molecule has 1 saturated heterocycles. The van der Waals surface area contributed by atoms with E-state index >= 15 is 0 Å². The minimum atomic E-state index is -0.302. The van der Waals surface area contributed by atoms with Crippen molar-refractivity contribution in [2.45, 2.75) is 10.1 Å². The minimum Gasteiger partial charge on any atom is -0.354 e. The van der Waals surface area contributed by atoms with Crippen molar-refractivity contribution in [1.82, 2.24) is 10.6 Å². The molecule has 0 radical (unpaired) electrons. The number of carbonyl (C=O) groups excluding carboxylic acids is 1. The minimum absolute atomic E-state index is 0.0352. The molecular weight excluding hydrogens is 328 g/mol. The molecule has 0 spiro atoms. The molecule has 1 amide bonds. The molecule has 2 aromatic carbocycles. The van der Waals surface area contributed by atoms with E-state index in [1.807, 2.05) is 54.6 Å². The maximum absolute atomic E-state index is 12.7. The third-order valence-corrected chi connectivity index (χ3v) is 5.63. The number of nitrogens with one attached hydrogen (secondary N) is 2. The lowest BCUT2D eigenvalue weighted by molar-refractivity contribution is -0.120. The first-order valence-corrected chi connectivity index (χ1v) is 8.94. The summed E-state index contributed by atoms with van der Waals surface area (Å²) in [7, 11) is 0. The van der Waals surface area contributed by atoms with Crippen LogP contribution in [0.1, 0.15) is 10.8 Å². The SMILES string of the molecule is O=C(NCC1CNC1)C(Sc1ccccc1Cl)c1ccccc1. The zero-order chi connectivity index (χ0) is 16.1. The van der Waals surface area contributed by atoms with Gasteiger partial charge in [0.25, 0.3) is 0 Å². The summed E-state index contributed by atoms with van der Waals surface area (Å²) in [4.78, 5) is 13.6. The van der Waals surface area contributed by atoms with Crippen molar-refractivity contribution < 1.29 is 4.79 Å². The van der Waals surface area contributed by atoms with E-state index in [4.69, 9.17) is 11.6 Å². The Balaban J connectivity index is 1.76. The van der Waals surface area contributed by atoms with Crippen LogP contribution in [0.4, 0.5) is 0 Å². The smallest absolute Gasteiger partial charge is 0.238 e. The molecule has 2 N–H and O–H groups in total. The Morgan fingerprint density at radius 1 is 1.17 bits per heavy atom. The molecule has 2 aromatic rings. The number of benzene rings is 2. The number of rotatable bonds is 6. The molecule has 3 rings (SSSR count). The summed E-state index contributed by atoms with van der Waals surface area (Å²) in [6.07, 6.45) is 0. The van der Waals surface area contributed by atoms with Gasteiger partial charge in [0.1, 0.15) is 5.25 Å². The Kier molecular flexibility index (Phi) is 5.60. The van der Waals surface area contributed by atoms with E-state index < -0.39 is 0 Å². The highest BCUT2D eigenvalue weighted by atomic mass is 35.5. The number of hydrogen-bond donors (Lipinski definition) is 2. The molecule has 1 aliphatic heterocycles. The van der Waals surface area contributed by atoms with Gasteiger partial charge in [-0.2, -0.15) is 0 Å². The highest BCUT2D eigenvalue weighted by Gasteiger charge is 2.24. The fourth-order valence-electron chi connectivity index (χ4n) is 2.40. The van der Waals surface area contributed by atoms with E-state index in [1.165, 1.54) is 11.8 Å². The van der Waals surface area contributed by atoms with E-state index in [0.717, 1.165) is 30.1 Å². The molecule has 1 unspecified atom stereocenters. The van der Waals surface area contributed by atoms with Gasteiger partial charge in [0.15, 0.2) is 0 Å². The Hall–Kier alpha value is -1.49. The van der Waals surface area contributed by atoms with Crippen LogP contribution in [0.2, 0.25) is 5.02 Å². The average molecular weight is 347 g/mol. The van der Waals surface area contributed by atoms with Gasteiger partial charge < -0.3 is 10.6 Å². The van der Waals surface area contributed by atoms with Gasteiger partial charge in [0, 0.05) is 30.4 Å². The molecule has 1 atom stereocenters. The standard InChI is InChI=1S/C18H19ClN2OS/c19-15-8-4-5-9-16(15)23-17(14-6-2-1-3-7-14)18(22)21-12-13-10-20-11-13/h1-9,13,17,20H,10-12H2,(H,21,22). The van der Waals surface area contributed by atoms with Crippen LogP contribution in [0, 0.1) is 5.92 Å². The maximum atomic E-state index is 12.7. The van der Waals surface area contributed by atoms with Gasteiger partial charge in [-0.1, -0.05) is 54.1 Å². The van der Waals surface area contributed by atoms with Crippen molar-refractivity contribution >= 4 is 29.3 Å². The number of amides is 1. The van der Waals surface area contributed by atoms with Crippen LogP contribution in [0.3, 0.4) is 0 Å². The molecular formula is C18H19ClN2OS. The van der Waals surface area contributed by atoms with Gasteiger partial charge in [-0.3, -0.25) is 4.79 Å². The van der Waals surface area contributed by atoms with Crippen molar-refractivity contribution in [3.05, 3.63) is 65.2 Å². The number of hydrogen-bond acceptors (Lipinski definition) is 3. The molecule has 3 nitrogen and oxygen atoms in total. The van der Waals surface area contributed by atoms with Gasteiger partial charge in [0.2, 0.25) is 5.91 Å². The zero-order valence-corrected chi connectivity index (χ0v) is 14.2. The summed E-state index contributed by atoms with van der Waals surface area (Å²) in [6, 6.07) is 17.5. The summed E-state index contributed by atoms with van der Waals surface area (Å²) in [6.45, 7) is 2.68. The predicted molar refractivity (Wildman–Crippen MR) is 95.9 cm³/mol. The number of halogens is 1. The lowest BCUT2D eigenvalue weighted by atomic mass is 10.0. The highest BCUT2D eigenvalue weighted by Crippen LogP contribution is 2.38. The molecule has 0 aromatic heterocycles. The van der Waals surface area contributed by atoms with E-state index in [1.54, 1.807) is 0 Å². The van der Waals surface area contributed by atoms with Crippen LogP contribution in [-0.4, -0.2) is 25.5 Å². The second kappa shape index (κ2) is 7.86. The summed E-state index contributed by atoms with van der Waals surface area (Å²) < 4.78 is 0. The second-order valence-electron chi connectivity index (χ2n) is 5.61.